The molecule has 4 N–H and O–H groups in total. The van der Waals surface area contributed by atoms with Crippen LogP contribution in [0.2, 0.25) is 0 Å². The number of aromatic amines is 1. The predicted octanol–water partition coefficient (Wildman–Crippen LogP) is 3.62. The Morgan fingerprint density at radius 1 is 1.30 bits per heavy atom. The average Bonchev–Trinajstić information content (AvgIpc) is 3.26. The molecule has 0 spiro atoms. The van der Waals surface area contributed by atoms with Crippen LogP contribution >= 0.6 is 0 Å². The van der Waals surface area contributed by atoms with Gasteiger partial charge < -0.3 is 30.6 Å². The number of aromatic nitrogens is 2. The fraction of sp³-hybridized carbons (Fsp3) is 0.300. The van der Waals surface area contributed by atoms with Gasteiger partial charge in [-0.3, -0.25) is 14.6 Å². The number of para-hydroxylation sites is 1. The van der Waals surface area contributed by atoms with Gasteiger partial charge in [0.15, 0.2) is 11.6 Å². The van der Waals surface area contributed by atoms with Crippen LogP contribution in [0.3, 0.4) is 0 Å². The number of halogens is 1. The maximum absolute atomic E-state index is 14.5. The van der Waals surface area contributed by atoms with Crippen LogP contribution in [-0.4, -0.2) is 66.5 Å². The number of methoxy groups -OCH3 is 1. The summed E-state index contributed by atoms with van der Waals surface area (Å²) >= 11 is 0. The fourth-order valence-electron chi connectivity index (χ4n) is 4.45. The van der Waals surface area contributed by atoms with E-state index in [9.17, 15) is 14.0 Å². The van der Waals surface area contributed by atoms with Crippen molar-refractivity contribution in [3.8, 4) is 28.8 Å². The molecule has 1 aliphatic rings. The number of carbonyl (C=O) groups excluding carboxylic acids is 2. The zero-order valence-electron chi connectivity index (χ0n) is 23.3. The minimum absolute atomic E-state index is 0.0303. The van der Waals surface area contributed by atoms with Crippen LogP contribution in [0.5, 0.6) is 5.75 Å². The summed E-state index contributed by atoms with van der Waals surface area (Å²) in [6, 6.07) is 6.33. The van der Waals surface area contributed by atoms with Crippen LogP contribution in [0, 0.1) is 17.7 Å². The van der Waals surface area contributed by atoms with Gasteiger partial charge in [-0.1, -0.05) is 24.5 Å². The number of hydrogen-bond acceptors (Lipinski definition) is 6. The van der Waals surface area contributed by atoms with Crippen molar-refractivity contribution in [3.63, 3.8) is 0 Å². The number of hydrogen-bond donors (Lipinski definition) is 4. The summed E-state index contributed by atoms with van der Waals surface area (Å²) in [5.41, 5.74) is 3.44. The molecular weight excluding hydrogens is 511 g/mol. The number of fused-ring (bicyclic) bond motifs is 1. The molecule has 1 aromatic carbocycles. The number of amides is 2. The van der Waals surface area contributed by atoms with Gasteiger partial charge in [-0.25, -0.2) is 4.39 Å². The first-order chi connectivity index (χ1) is 19.0. The molecule has 10 heteroatoms. The molecule has 4 rings (SSSR count). The standard InChI is InChI=1S/C30H33FN6O3/c1-18(17-37(4)5)28(38)36-30(2,3)13-10-19-16-32-14-11-20(19)25-26(24-22(34-25)12-15-33-29(24)39)35-23-9-7-8-21(31)27(23)40-6/h7-9,11,14,16,34-35H,1,12,15,17H2,2-6H3,(H,33,39)(H,36,38). The zero-order chi connectivity index (χ0) is 29.0. The van der Waals surface area contributed by atoms with E-state index in [4.69, 9.17) is 4.74 Å². The van der Waals surface area contributed by atoms with E-state index >= 15 is 0 Å². The van der Waals surface area contributed by atoms with E-state index in [-0.39, 0.29) is 17.6 Å². The second-order valence-electron chi connectivity index (χ2n) is 10.3. The van der Waals surface area contributed by atoms with Crippen LogP contribution in [0.25, 0.3) is 11.3 Å². The van der Waals surface area contributed by atoms with Gasteiger partial charge in [-0.15, -0.1) is 0 Å². The number of H-pyrrole nitrogens is 1. The van der Waals surface area contributed by atoms with Gasteiger partial charge in [0.2, 0.25) is 5.91 Å². The second-order valence-corrected chi connectivity index (χ2v) is 10.3. The third kappa shape index (κ3) is 6.16. The molecule has 208 valence electrons. The van der Waals surface area contributed by atoms with E-state index in [1.54, 1.807) is 44.4 Å². The highest BCUT2D eigenvalue weighted by atomic mass is 19.1. The van der Waals surface area contributed by atoms with Crippen molar-refractivity contribution >= 4 is 23.2 Å². The molecule has 1 aliphatic heterocycles. The summed E-state index contributed by atoms with van der Waals surface area (Å²) in [5, 5.41) is 9.02. The van der Waals surface area contributed by atoms with Crippen LogP contribution in [0.1, 0.15) is 35.5 Å². The van der Waals surface area contributed by atoms with Gasteiger partial charge in [0, 0.05) is 48.7 Å². The monoisotopic (exact) mass is 544 g/mol. The van der Waals surface area contributed by atoms with Crippen LogP contribution in [0.15, 0.2) is 48.8 Å². The second kappa shape index (κ2) is 11.6. The van der Waals surface area contributed by atoms with Gasteiger partial charge in [-0.05, 0) is 46.1 Å². The number of nitrogens with one attached hydrogen (secondary N) is 4. The number of benzene rings is 1. The number of rotatable bonds is 8. The quantitative estimate of drug-likeness (QED) is 0.255. The van der Waals surface area contributed by atoms with Gasteiger partial charge in [0.1, 0.15) is 0 Å². The topological polar surface area (TPSA) is 111 Å². The summed E-state index contributed by atoms with van der Waals surface area (Å²) in [5.74, 6) is 5.26. The summed E-state index contributed by atoms with van der Waals surface area (Å²) in [6.45, 7) is 8.39. The first-order valence-electron chi connectivity index (χ1n) is 12.8. The first kappa shape index (κ1) is 28.4. The highest BCUT2D eigenvalue weighted by molar-refractivity contribution is 6.06. The van der Waals surface area contributed by atoms with Gasteiger partial charge >= 0.3 is 0 Å². The number of anilines is 2. The van der Waals surface area contributed by atoms with E-state index in [1.807, 2.05) is 19.0 Å². The normalized spacial score (nSPS) is 12.6. The Kier molecular flexibility index (Phi) is 8.26. The van der Waals surface area contributed by atoms with E-state index in [0.717, 1.165) is 5.69 Å². The summed E-state index contributed by atoms with van der Waals surface area (Å²) in [7, 11) is 5.11. The Balaban J connectivity index is 1.76. The number of ether oxygens (including phenoxy) is 1. The van der Waals surface area contributed by atoms with Crippen LogP contribution in [0.4, 0.5) is 15.8 Å². The maximum Gasteiger partial charge on any atom is 0.255 e. The molecule has 0 radical (unpaired) electrons. The maximum atomic E-state index is 14.5. The molecule has 0 fully saturated rings. The minimum Gasteiger partial charge on any atom is -0.492 e. The van der Waals surface area contributed by atoms with Gasteiger partial charge in [0.25, 0.3) is 5.91 Å². The lowest BCUT2D eigenvalue weighted by Crippen LogP contribution is -2.44. The minimum atomic E-state index is -0.871. The van der Waals surface area contributed by atoms with Crippen molar-refractivity contribution in [2.45, 2.75) is 25.8 Å². The Labute approximate surface area is 233 Å². The Morgan fingerprint density at radius 3 is 2.80 bits per heavy atom. The Hall–Kier alpha value is -4.62. The van der Waals surface area contributed by atoms with Gasteiger partial charge in [0.05, 0.1) is 40.8 Å². The smallest absolute Gasteiger partial charge is 0.255 e. The molecule has 0 saturated heterocycles. The third-order valence-corrected chi connectivity index (χ3v) is 6.25. The highest BCUT2D eigenvalue weighted by Crippen LogP contribution is 2.40. The lowest BCUT2D eigenvalue weighted by molar-refractivity contribution is -0.118. The largest absolute Gasteiger partial charge is 0.492 e. The molecule has 2 aromatic heterocycles. The SMILES string of the molecule is C=C(CN(C)C)C(=O)NC(C)(C)C#Cc1cnccc1-c1[nH]c2c(c1Nc1cccc(F)c1OC)C(=O)NCC2. The molecular formula is C30H33FN6O3. The number of likely N-dealkylation sites (N-methyl/N-ethyl adjacent to an activating group) is 1. The number of carbonyl (C=O) groups is 2. The molecule has 3 heterocycles. The molecule has 0 unspecified atom stereocenters. The molecule has 2 amide bonds. The van der Waals surface area contributed by atoms with E-state index in [2.05, 4.69) is 44.3 Å². The Morgan fingerprint density at radius 2 is 2.08 bits per heavy atom. The Bertz CT molecular complexity index is 1530. The highest BCUT2D eigenvalue weighted by Gasteiger charge is 2.28. The van der Waals surface area contributed by atoms with Crippen molar-refractivity contribution in [3.05, 3.63) is 71.4 Å². The van der Waals surface area contributed by atoms with Crippen LogP contribution < -0.4 is 20.7 Å². The third-order valence-electron chi connectivity index (χ3n) is 6.25. The van der Waals surface area contributed by atoms with E-state index < -0.39 is 11.4 Å². The predicted molar refractivity (Wildman–Crippen MR) is 153 cm³/mol. The van der Waals surface area contributed by atoms with Crippen molar-refractivity contribution < 1.29 is 18.7 Å². The van der Waals surface area contributed by atoms with E-state index in [1.165, 1.54) is 13.2 Å². The summed E-state index contributed by atoms with van der Waals surface area (Å²) in [6.07, 6.45) is 3.85. The van der Waals surface area contributed by atoms with Crippen molar-refractivity contribution in [2.24, 2.45) is 0 Å². The molecule has 0 atom stereocenters. The molecule has 3 aromatic rings. The first-order valence-corrected chi connectivity index (χ1v) is 12.8. The fourth-order valence-corrected chi connectivity index (χ4v) is 4.45. The summed E-state index contributed by atoms with van der Waals surface area (Å²) < 4.78 is 19.8. The molecule has 0 aliphatic carbocycles. The number of pyridine rings is 1. The zero-order valence-corrected chi connectivity index (χ0v) is 23.3. The lowest BCUT2D eigenvalue weighted by atomic mass is 10.0. The number of nitrogens with zero attached hydrogens (tertiary/aromatic N) is 2. The van der Waals surface area contributed by atoms with Crippen molar-refractivity contribution in [1.82, 2.24) is 25.5 Å². The van der Waals surface area contributed by atoms with Crippen molar-refractivity contribution in [2.75, 3.05) is 39.6 Å². The lowest BCUT2D eigenvalue weighted by Gasteiger charge is -2.21. The molecule has 0 saturated carbocycles. The molecule has 9 nitrogen and oxygen atoms in total. The molecule has 0 bridgehead atoms. The average molecular weight is 545 g/mol. The van der Waals surface area contributed by atoms with Crippen molar-refractivity contribution in [1.29, 1.82) is 0 Å². The molecule has 40 heavy (non-hydrogen) atoms. The van der Waals surface area contributed by atoms with Crippen LogP contribution in [-0.2, 0) is 11.2 Å². The van der Waals surface area contributed by atoms with E-state index in [0.29, 0.717) is 58.8 Å². The van der Waals surface area contributed by atoms with Gasteiger partial charge in [-0.2, -0.15) is 0 Å². The summed E-state index contributed by atoms with van der Waals surface area (Å²) in [4.78, 5) is 35.1.